The molecular weight excluding hydrogens is 224 g/mol. The fourth-order valence-corrected chi connectivity index (χ4v) is 2.43. The van der Waals surface area contributed by atoms with Crippen molar-refractivity contribution in [2.24, 2.45) is 11.8 Å². The molecule has 1 rings (SSSR count). The highest BCUT2D eigenvalue weighted by Crippen LogP contribution is 2.16. The molecule has 0 spiro atoms. The molecule has 1 N–H and O–H groups in total. The Balaban J connectivity index is 1.98. The number of nitrogens with one attached hydrogen (secondary N) is 1. The first-order valence-corrected chi connectivity index (χ1v) is 7.73. The van der Waals surface area contributed by atoms with Gasteiger partial charge in [-0.3, -0.25) is 0 Å². The molecule has 1 fully saturated rings. The number of ether oxygens (including phenoxy) is 1. The summed E-state index contributed by atoms with van der Waals surface area (Å²) in [6.07, 6.45) is 3.82. The fraction of sp³-hybridized carbons (Fsp3) is 1.00. The molecule has 1 aliphatic heterocycles. The van der Waals surface area contributed by atoms with Gasteiger partial charge in [-0.05, 0) is 57.3 Å². The largest absolute Gasteiger partial charge is 0.380 e. The fourth-order valence-electron chi connectivity index (χ4n) is 2.43. The molecule has 1 saturated heterocycles. The molecule has 0 aromatic rings. The van der Waals surface area contributed by atoms with Crippen LogP contribution in [-0.2, 0) is 4.74 Å². The first-order chi connectivity index (χ1) is 8.72. The van der Waals surface area contributed by atoms with Crippen molar-refractivity contribution in [1.29, 1.82) is 0 Å². The van der Waals surface area contributed by atoms with E-state index in [-0.39, 0.29) is 0 Å². The van der Waals surface area contributed by atoms with Crippen LogP contribution in [0.2, 0.25) is 0 Å². The Hall–Kier alpha value is -0.120. The summed E-state index contributed by atoms with van der Waals surface area (Å²) < 4.78 is 5.55. The molecule has 0 saturated carbocycles. The van der Waals surface area contributed by atoms with Crippen molar-refractivity contribution in [3.8, 4) is 0 Å². The molecule has 108 valence electrons. The molecule has 0 aliphatic carbocycles. The quantitative estimate of drug-likeness (QED) is 0.641. The summed E-state index contributed by atoms with van der Waals surface area (Å²) >= 11 is 0. The number of hydrogen-bond donors (Lipinski definition) is 1. The third kappa shape index (κ3) is 7.34. The molecule has 3 heteroatoms. The SMILES string of the molecule is CCCOCCN1CCC(CNCC(C)C)CC1. The average Bonchev–Trinajstić information content (AvgIpc) is 2.36. The predicted molar refractivity (Wildman–Crippen MR) is 78.0 cm³/mol. The van der Waals surface area contributed by atoms with Crippen LogP contribution in [0, 0.1) is 11.8 Å². The Morgan fingerprint density at radius 3 is 2.56 bits per heavy atom. The van der Waals surface area contributed by atoms with E-state index in [1.165, 1.54) is 32.5 Å². The molecule has 3 nitrogen and oxygen atoms in total. The van der Waals surface area contributed by atoms with E-state index in [0.29, 0.717) is 0 Å². The minimum Gasteiger partial charge on any atom is -0.380 e. The van der Waals surface area contributed by atoms with Crippen LogP contribution in [0.15, 0.2) is 0 Å². The standard InChI is InChI=1S/C15H32N2O/c1-4-10-18-11-9-17-7-5-15(6-8-17)13-16-12-14(2)3/h14-16H,4-13H2,1-3H3. The molecule has 0 aromatic carbocycles. The molecule has 0 amide bonds. The zero-order valence-electron chi connectivity index (χ0n) is 12.6. The van der Waals surface area contributed by atoms with Crippen molar-refractivity contribution in [1.82, 2.24) is 10.2 Å². The highest BCUT2D eigenvalue weighted by Gasteiger charge is 2.18. The predicted octanol–water partition coefficient (Wildman–Crippen LogP) is 2.37. The zero-order valence-corrected chi connectivity index (χ0v) is 12.6. The van der Waals surface area contributed by atoms with Gasteiger partial charge in [0.2, 0.25) is 0 Å². The van der Waals surface area contributed by atoms with Gasteiger partial charge in [0.25, 0.3) is 0 Å². The first kappa shape index (κ1) is 15.9. The third-order valence-corrected chi connectivity index (χ3v) is 3.59. The number of rotatable bonds is 9. The maximum Gasteiger partial charge on any atom is 0.0593 e. The molecule has 1 aliphatic rings. The summed E-state index contributed by atoms with van der Waals surface area (Å²) in [4.78, 5) is 2.55. The lowest BCUT2D eigenvalue weighted by Crippen LogP contribution is -2.39. The zero-order chi connectivity index (χ0) is 13.2. The lowest BCUT2D eigenvalue weighted by atomic mass is 9.96. The van der Waals surface area contributed by atoms with Gasteiger partial charge in [0.15, 0.2) is 0 Å². The van der Waals surface area contributed by atoms with Crippen LogP contribution >= 0.6 is 0 Å². The lowest BCUT2D eigenvalue weighted by Gasteiger charge is -2.32. The van der Waals surface area contributed by atoms with Gasteiger partial charge in [-0.15, -0.1) is 0 Å². The van der Waals surface area contributed by atoms with Crippen molar-refractivity contribution < 1.29 is 4.74 Å². The van der Waals surface area contributed by atoms with Crippen molar-refractivity contribution in [3.05, 3.63) is 0 Å². The van der Waals surface area contributed by atoms with Crippen molar-refractivity contribution in [2.75, 3.05) is 45.9 Å². The minimum absolute atomic E-state index is 0.765. The number of likely N-dealkylation sites (tertiary alicyclic amines) is 1. The summed E-state index contributed by atoms with van der Waals surface area (Å²) in [7, 11) is 0. The van der Waals surface area contributed by atoms with E-state index in [2.05, 4.69) is 31.0 Å². The molecule has 0 aromatic heterocycles. The van der Waals surface area contributed by atoms with E-state index in [1.54, 1.807) is 0 Å². The van der Waals surface area contributed by atoms with E-state index in [0.717, 1.165) is 44.6 Å². The summed E-state index contributed by atoms with van der Waals surface area (Å²) in [5.74, 6) is 1.65. The Morgan fingerprint density at radius 2 is 1.94 bits per heavy atom. The Labute approximate surface area is 113 Å². The Kier molecular flexibility index (Phi) is 8.64. The second-order valence-corrected chi connectivity index (χ2v) is 5.95. The Morgan fingerprint density at radius 1 is 1.22 bits per heavy atom. The summed E-state index contributed by atoms with van der Waals surface area (Å²) in [6.45, 7) is 14.5. The van der Waals surface area contributed by atoms with Crippen LogP contribution in [0.4, 0.5) is 0 Å². The smallest absolute Gasteiger partial charge is 0.0593 e. The normalized spacial score (nSPS) is 18.7. The van der Waals surface area contributed by atoms with Crippen LogP contribution < -0.4 is 5.32 Å². The van der Waals surface area contributed by atoms with Crippen molar-refractivity contribution in [2.45, 2.75) is 40.0 Å². The van der Waals surface area contributed by atoms with Gasteiger partial charge in [0.05, 0.1) is 6.61 Å². The molecule has 0 atom stereocenters. The van der Waals surface area contributed by atoms with Crippen LogP contribution in [-0.4, -0.2) is 50.8 Å². The molecular formula is C15H32N2O. The van der Waals surface area contributed by atoms with Gasteiger partial charge in [-0.25, -0.2) is 0 Å². The van der Waals surface area contributed by atoms with Gasteiger partial charge < -0.3 is 15.0 Å². The number of piperidine rings is 1. The van der Waals surface area contributed by atoms with E-state index in [9.17, 15) is 0 Å². The number of hydrogen-bond acceptors (Lipinski definition) is 3. The maximum absolute atomic E-state index is 5.55. The summed E-state index contributed by atoms with van der Waals surface area (Å²) in [6, 6.07) is 0. The van der Waals surface area contributed by atoms with Crippen LogP contribution in [0.1, 0.15) is 40.0 Å². The van der Waals surface area contributed by atoms with Gasteiger partial charge in [-0.1, -0.05) is 20.8 Å². The van der Waals surface area contributed by atoms with E-state index < -0.39 is 0 Å². The van der Waals surface area contributed by atoms with E-state index in [4.69, 9.17) is 4.74 Å². The summed E-state index contributed by atoms with van der Waals surface area (Å²) in [5.41, 5.74) is 0. The molecule has 18 heavy (non-hydrogen) atoms. The second-order valence-electron chi connectivity index (χ2n) is 5.95. The maximum atomic E-state index is 5.55. The molecule has 1 heterocycles. The van der Waals surface area contributed by atoms with Crippen LogP contribution in [0.3, 0.4) is 0 Å². The van der Waals surface area contributed by atoms with Crippen LogP contribution in [0.5, 0.6) is 0 Å². The minimum atomic E-state index is 0.765. The summed E-state index contributed by atoms with van der Waals surface area (Å²) in [5, 5.41) is 3.59. The van der Waals surface area contributed by atoms with E-state index in [1.807, 2.05) is 0 Å². The lowest BCUT2D eigenvalue weighted by molar-refractivity contribution is 0.0886. The molecule has 0 unspecified atom stereocenters. The van der Waals surface area contributed by atoms with E-state index >= 15 is 0 Å². The van der Waals surface area contributed by atoms with Gasteiger partial charge in [-0.2, -0.15) is 0 Å². The highest BCUT2D eigenvalue weighted by atomic mass is 16.5. The van der Waals surface area contributed by atoms with Crippen molar-refractivity contribution in [3.63, 3.8) is 0 Å². The number of nitrogens with zero attached hydrogens (tertiary/aromatic N) is 1. The highest BCUT2D eigenvalue weighted by molar-refractivity contribution is 4.73. The monoisotopic (exact) mass is 256 g/mol. The second kappa shape index (κ2) is 9.76. The molecule has 0 bridgehead atoms. The molecule has 0 radical (unpaired) electrons. The van der Waals surface area contributed by atoms with Gasteiger partial charge >= 0.3 is 0 Å². The van der Waals surface area contributed by atoms with Crippen molar-refractivity contribution >= 4 is 0 Å². The average molecular weight is 256 g/mol. The third-order valence-electron chi connectivity index (χ3n) is 3.59. The van der Waals surface area contributed by atoms with Gasteiger partial charge in [0, 0.05) is 13.2 Å². The van der Waals surface area contributed by atoms with Gasteiger partial charge in [0.1, 0.15) is 0 Å². The Bertz CT molecular complexity index is 189. The van der Waals surface area contributed by atoms with Crippen LogP contribution in [0.25, 0.3) is 0 Å². The topological polar surface area (TPSA) is 24.5 Å². The first-order valence-electron chi connectivity index (χ1n) is 7.73.